The summed E-state index contributed by atoms with van der Waals surface area (Å²) >= 11 is 0. The van der Waals surface area contributed by atoms with E-state index in [-0.39, 0.29) is 5.88 Å². The van der Waals surface area contributed by atoms with Crippen LogP contribution in [0.5, 0.6) is 17.2 Å². The van der Waals surface area contributed by atoms with Crippen molar-refractivity contribution in [3.8, 4) is 23.3 Å². The van der Waals surface area contributed by atoms with Crippen LogP contribution < -0.4 is 19.9 Å². The fourth-order valence-corrected chi connectivity index (χ4v) is 4.11. The van der Waals surface area contributed by atoms with Crippen molar-refractivity contribution in [2.45, 2.75) is 39.0 Å². The molecule has 0 saturated heterocycles. The van der Waals surface area contributed by atoms with Gasteiger partial charge in [-0.15, -0.1) is 0 Å². The predicted molar refractivity (Wildman–Crippen MR) is 133 cm³/mol. The van der Waals surface area contributed by atoms with Crippen molar-refractivity contribution in [1.29, 1.82) is 5.26 Å². The summed E-state index contributed by atoms with van der Waals surface area (Å²) in [6, 6.07) is 22.2. The Balaban J connectivity index is 1.62. The van der Waals surface area contributed by atoms with Crippen molar-refractivity contribution in [2.24, 2.45) is 5.73 Å². The molecule has 3 aromatic rings. The number of benzene rings is 3. The van der Waals surface area contributed by atoms with Gasteiger partial charge in [-0.05, 0) is 49.2 Å². The first-order valence-electron chi connectivity index (χ1n) is 11.7. The summed E-state index contributed by atoms with van der Waals surface area (Å²) in [6.07, 6.45) is 3.23. The molecule has 6 heteroatoms. The summed E-state index contributed by atoms with van der Waals surface area (Å²) in [5, 5.41) is 9.84. The number of nitrogens with zero attached hydrogens (tertiary/aromatic N) is 1. The third kappa shape index (κ3) is 5.47. The zero-order valence-electron chi connectivity index (χ0n) is 19.9. The maximum atomic E-state index is 12.6. The lowest BCUT2D eigenvalue weighted by Gasteiger charge is -2.27. The number of hydrogen-bond donors (Lipinski definition) is 1. The summed E-state index contributed by atoms with van der Waals surface area (Å²) in [5.41, 5.74) is 9.52. The molecule has 6 nitrogen and oxygen atoms in total. The van der Waals surface area contributed by atoms with E-state index in [1.54, 1.807) is 30.3 Å². The van der Waals surface area contributed by atoms with Gasteiger partial charge in [-0.3, -0.25) is 0 Å². The number of hydrogen-bond acceptors (Lipinski definition) is 6. The number of rotatable bonds is 8. The van der Waals surface area contributed by atoms with Crippen molar-refractivity contribution < 1.29 is 19.0 Å². The lowest BCUT2D eigenvalue weighted by Crippen LogP contribution is -2.21. The Hall–Kier alpha value is -4.24. The highest BCUT2D eigenvalue weighted by molar-refractivity contribution is 5.91. The minimum Gasteiger partial charge on any atom is -0.494 e. The molecule has 178 valence electrons. The lowest BCUT2D eigenvalue weighted by atomic mass is 9.83. The van der Waals surface area contributed by atoms with Crippen LogP contribution >= 0.6 is 0 Å². The van der Waals surface area contributed by atoms with Crippen LogP contribution in [-0.4, -0.2) is 12.6 Å². The van der Waals surface area contributed by atoms with Crippen LogP contribution in [-0.2, 0) is 0 Å². The number of esters is 1. The molecule has 1 aliphatic rings. The molecule has 0 aromatic heterocycles. The zero-order valence-corrected chi connectivity index (χ0v) is 19.9. The number of allylic oxidation sites excluding steroid dienone is 1. The van der Waals surface area contributed by atoms with Gasteiger partial charge in [0.25, 0.3) is 0 Å². The van der Waals surface area contributed by atoms with Gasteiger partial charge in [-0.25, -0.2) is 4.79 Å². The summed E-state index contributed by atoms with van der Waals surface area (Å²) in [6.45, 7) is 4.70. The molecule has 2 N–H and O–H groups in total. The van der Waals surface area contributed by atoms with Crippen molar-refractivity contribution in [3.05, 3.63) is 100 Å². The Kier molecular flexibility index (Phi) is 7.37. The SMILES string of the molecule is CCCCCOc1cccc(C2C(C#N)=C(N)Oc3cc(OC(=O)c4cccc(C)c4)ccc32)c1. The third-order valence-corrected chi connectivity index (χ3v) is 5.86. The first kappa shape index (κ1) is 23.9. The zero-order chi connectivity index (χ0) is 24.8. The molecular formula is C29H28N2O4. The number of fused-ring (bicyclic) bond motifs is 1. The van der Waals surface area contributed by atoms with Crippen LogP contribution in [0.4, 0.5) is 0 Å². The highest BCUT2D eigenvalue weighted by Crippen LogP contribution is 2.44. The first-order valence-corrected chi connectivity index (χ1v) is 11.7. The monoisotopic (exact) mass is 468 g/mol. The molecule has 3 aromatic carbocycles. The maximum Gasteiger partial charge on any atom is 0.343 e. The van der Waals surface area contributed by atoms with E-state index in [0.717, 1.165) is 41.7 Å². The fourth-order valence-electron chi connectivity index (χ4n) is 4.11. The largest absolute Gasteiger partial charge is 0.494 e. The average Bonchev–Trinajstić information content (AvgIpc) is 2.86. The Morgan fingerprint density at radius 3 is 2.66 bits per heavy atom. The molecule has 1 heterocycles. The van der Waals surface area contributed by atoms with Crippen molar-refractivity contribution >= 4 is 5.97 Å². The van der Waals surface area contributed by atoms with Crippen LogP contribution in [0.2, 0.25) is 0 Å². The van der Waals surface area contributed by atoms with Crippen molar-refractivity contribution in [1.82, 2.24) is 0 Å². The number of ether oxygens (including phenoxy) is 3. The van der Waals surface area contributed by atoms with Gasteiger partial charge in [-0.2, -0.15) is 5.26 Å². The van der Waals surface area contributed by atoms with E-state index in [0.29, 0.717) is 29.2 Å². The van der Waals surface area contributed by atoms with Crippen LogP contribution in [0.15, 0.2) is 78.2 Å². The maximum absolute atomic E-state index is 12.6. The number of aryl methyl sites for hydroxylation is 1. The van der Waals surface area contributed by atoms with Crippen molar-refractivity contribution in [3.63, 3.8) is 0 Å². The van der Waals surface area contributed by atoms with E-state index in [1.165, 1.54) is 0 Å². The average molecular weight is 469 g/mol. The number of unbranched alkanes of at least 4 members (excludes halogenated alkanes) is 2. The highest BCUT2D eigenvalue weighted by Gasteiger charge is 2.31. The topological polar surface area (TPSA) is 94.6 Å². The van der Waals surface area contributed by atoms with E-state index in [9.17, 15) is 10.1 Å². The molecule has 0 spiro atoms. The molecular weight excluding hydrogens is 440 g/mol. The van der Waals surface area contributed by atoms with Gasteiger partial charge in [0.05, 0.1) is 18.1 Å². The second-order valence-corrected chi connectivity index (χ2v) is 8.51. The van der Waals surface area contributed by atoms with E-state index in [4.69, 9.17) is 19.9 Å². The number of nitrogens with two attached hydrogens (primary N) is 1. The van der Waals surface area contributed by atoms with Gasteiger partial charge in [0.15, 0.2) is 0 Å². The first-order chi connectivity index (χ1) is 17.0. The summed E-state index contributed by atoms with van der Waals surface area (Å²) in [4.78, 5) is 12.6. The highest BCUT2D eigenvalue weighted by atomic mass is 16.5. The number of carbonyl (C=O) groups excluding carboxylic acids is 1. The molecule has 35 heavy (non-hydrogen) atoms. The smallest absolute Gasteiger partial charge is 0.343 e. The molecule has 4 rings (SSSR count). The third-order valence-electron chi connectivity index (χ3n) is 5.86. The van der Waals surface area contributed by atoms with Crippen molar-refractivity contribution in [2.75, 3.05) is 6.61 Å². The normalized spacial score (nSPS) is 14.5. The van der Waals surface area contributed by atoms with Gasteiger partial charge < -0.3 is 19.9 Å². The molecule has 0 saturated carbocycles. The van der Waals surface area contributed by atoms with Gasteiger partial charge in [0.2, 0.25) is 5.88 Å². The van der Waals surface area contributed by atoms with E-state index in [1.807, 2.05) is 43.3 Å². The summed E-state index contributed by atoms with van der Waals surface area (Å²) in [5.74, 6) is 0.651. The minimum atomic E-state index is -0.463. The van der Waals surface area contributed by atoms with Crippen LogP contribution in [0, 0.1) is 18.3 Å². The molecule has 1 atom stereocenters. The van der Waals surface area contributed by atoms with Gasteiger partial charge in [0, 0.05) is 11.6 Å². The van der Waals surface area contributed by atoms with E-state index < -0.39 is 11.9 Å². The Bertz CT molecular complexity index is 1310. The fraction of sp³-hybridized carbons (Fsp3) is 0.241. The van der Waals surface area contributed by atoms with Crippen LogP contribution in [0.25, 0.3) is 0 Å². The second kappa shape index (κ2) is 10.8. The Morgan fingerprint density at radius 2 is 1.89 bits per heavy atom. The summed E-state index contributed by atoms with van der Waals surface area (Å²) < 4.78 is 17.3. The van der Waals surface area contributed by atoms with Crippen LogP contribution in [0.1, 0.15) is 59.2 Å². The molecule has 0 radical (unpaired) electrons. The molecule has 1 unspecified atom stereocenters. The van der Waals surface area contributed by atoms with E-state index in [2.05, 4.69) is 13.0 Å². The lowest BCUT2D eigenvalue weighted by molar-refractivity contribution is 0.0734. The van der Waals surface area contributed by atoms with E-state index >= 15 is 0 Å². The number of carbonyl (C=O) groups is 1. The minimum absolute atomic E-state index is 0.0291. The molecule has 1 aliphatic heterocycles. The quantitative estimate of drug-likeness (QED) is 0.247. The molecule has 0 fully saturated rings. The summed E-state index contributed by atoms with van der Waals surface area (Å²) in [7, 11) is 0. The molecule has 0 bridgehead atoms. The standard InChI is InChI=1S/C29H28N2O4/c1-3-4-5-14-33-22-11-7-9-20(16-22)27-24-13-12-23(17-26(24)35-28(31)25(27)18-30)34-29(32)21-10-6-8-19(2)15-21/h6-13,15-17,27H,3-5,14,31H2,1-2H3. The predicted octanol–water partition coefficient (Wildman–Crippen LogP) is 6.00. The Labute approximate surface area is 205 Å². The molecule has 0 amide bonds. The van der Waals surface area contributed by atoms with Gasteiger partial charge in [-0.1, -0.05) is 55.7 Å². The van der Waals surface area contributed by atoms with Crippen LogP contribution in [0.3, 0.4) is 0 Å². The number of nitriles is 1. The second-order valence-electron chi connectivity index (χ2n) is 8.51. The van der Waals surface area contributed by atoms with Gasteiger partial charge in [0.1, 0.15) is 28.9 Å². The Morgan fingerprint density at radius 1 is 1.06 bits per heavy atom. The molecule has 0 aliphatic carbocycles. The van der Waals surface area contributed by atoms with Gasteiger partial charge >= 0.3 is 5.97 Å².